The lowest BCUT2D eigenvalue weighted by Gasteiger charge is -2.38. The number of hydrogen-bond acceptors (Lipinski definition) is 6. The fraction of sp³-hybridized carbons (Fsp3) is 0.364. The molecule has 3 heterocycles. The number of H-pyrrole nitrogens is 1. The number of nitrogens with zero attached hydrogens (tertiary/aromatic N) is 4. The highest BCUT2D eigenvalue weighted by Gasteiger charge is 2.31. The second kappa shape index (κ2) is 9.73. The molecule has 32 heavy (non-hydrogen) atoms. The second-order valence-electron chi connectivity index (χ2n) is 7.66. The van der Waals surface area contributed by atoms with Crippen molar-refractivity contribution < 1.29 is 13.9 Å². The van der Waals surface area contributed by atoms with E-state index in [1.54, 1.807) is 17.3 Å². The summed E-state index contributed by atoms with van der Waals surface area (Å²) in [5.41, 5.74) is 5.49. The molecule has 168 valence electrons. The number of amides is 2. The zero-order chi connectivity index (χ0) is 22.5. The summed E-state index contributed by atoms with van der Waals surface area (Å²) in [7, 11) is 0. The summed E-state index contributed by atoms with van der Waals surface area (Å²) >= 11 is 0. The molecular weight excluding hydrogens is 413 g/mol. The maximum Gasteiger partial charge on any atom is 0.317 e. The molecule has 0 aliphatic carbocycles. The molecule has 0 spiro atoms. The van der Waals surface area contributed by atoms with Crippen LogP contribution < -0.4 is 10.6 Å². The molecule has 2 amide bonds. The van der Waals surface area contributed by atoms with Gasteiger partial charge in [0, 0.05) is 24.5 Å². The first-order valence-corrected chi connectivity index (χ1v) is 10.4. The number of alkyl halides is 1. The number of ether oxygens (including phenoxy) is 1. The second-order valence-corrected chi connectivity index (χ2v) is 7.66. The topological polar surface area (TPSA) is 108 Å². The van der Waals surface area contributed by atoms with Gasteiger partial charge >= 0.3 is 6.03 Å². The lowest BCUT2D eigenvalue weighted by atomic mass is 10.0. The van der Waals surface area contributed by atoms with Gasteiger partial charge < -0.3 is 20.3 Å². The zero-order valence-corrected chi connectivity index (χ0v) is 18.1. The molecule has 1 saturated heterocycles. The predicted molar refractivity (Wildman–Crippen MR) is 118 cm³/mol. The van der Waals surface area contributed by atoms with Crippen molar-refractivity contribution in [2.45, 2.75) is 26.5 Å². The number of rotatable bonds is 8. The molecule has 0 unspecified atom stereocenters. The van der Waals surface area contributed by atoms with Crippen molar-refractivity contribution in [3.8, 4) is 11.3 Å². The molecule has 3 aromatic rings. The van der Waals surface area contributed by atoms with Crippen LogP contribution in [0.5, 0.6) is 0 Å². The molecule has 9 nitrogen and oxygen atoms in total. The van der Waals surface area contributed by atoms with E-state index >= 15 is 0 Å². The minimum absolute atomic E-state index is 0.0674. The average Bonchev–Trinajstić information content (AvgIpc) is 3.16. The highest BCUT2D eigenvalue weighted by molar-refractivity contribution is 5.75. The maximum atomic E-state index is 12.3. The number of halogens is 1. The lowest BCUT2D eigenvalue weighted by Crippen LogP contribution is -2.57. The molecule has 1 fully saturated rings. The molecule has 10 heteroatoms. The number of aromatic amines is 1. The fourth-order valence-electron chi connectivity index (χ4n) is 3.44. The van der Waals surface area contributed by atoms with E-state index in [2.05, 4.69) is 30.8 Å². The Bertz CT molecular complexity index is 1080. The predicted octanol–water partition coefficient (Wildman–Crippen LogP) is 3.11. The Hall–Kier alpha value is -3.53. The largest absolute Gasteiger partial charge is 0.372 e. The van der Waals surface area contributed by atoms with Gasteiger partial charge in [0.1, 0.15) is 6.67 Å². The van der Waals surface area contributed by atoms with Crippen LogP contribution >= 0.6 is 0 Å². The molecule has 0 radical (unpaired) electrons. The van der Waals surface area contributed by atoms with E-state index in [1.165, 1.54) is 0 Å². The Kier molecular flexibility index (Phi) is 6.60. The number of urea groups is 1. The van der Waals surface area contributed by atoms with Gasteiger partial charge in [-0.2, -0.15) is 5.10 Å². The van der Waals surface area contributed by atoms with E-state index in [1.807, 2.05) is 38.1 Å². The summed E-state index contributed by atoms with van der Waals surface area (Å²) in [5, 5.41) is 13.0. The number of aromatic nitrogens is 4. The minimum Gasteiger partial charge on any atom is -0.372 e. The molecule has 0 saturated carbocycles. The van der Waals surface area contributed by atoms with Crippen molar-refractivity contribution in [1.82, 2.24) is 30.4 Å². The van der Waals surface area contributed by atoms with Gasteiger partial charge in [-0.15, -0.1) is 0 Å². The van der Waals surface area contributed by atoms with E-state index in [9.17, 15) is 9.18 Å². The summed E-state index contributed by atoms with van der Waals surface area (Å²) in [6.07, 6.45) is 3.40. The van der Waals surface area contributed by atoms with Crippen LogP contribution in [-0.4, -0.2) is 63.6 Å². The Morgan fingerprint density at radius 1 is 1.31 bits per heavy atom. The van der Waals surface area contributed by atoms with Crippen LogP contribution in [0.4, 0.5) is 20.8 Å². The summed E-state index contributed by atoms with van der Waals surface area (Å²) in [4.78, 5) is 22.8. The number of aryl methyl sites for hydroxylation is 2. The van der Waals surface area contributed by atoms with Crippen molar-refractivity contribution in [2.75, 3.05) is 31.7 Å². The number of anilines is 2. The summed E-state index contributed by atoms with van der Waals surface area (Å²) in [6.45, 7) is 4.88. The van der Waals surface area contributed by atoms with Crippen LogP contribution in [0.3, 0.4) is 0 Å². The highest BCUT2D eigenvalue weighted by Crippen LogP contribution is 2.23. The molecule has 0 bridgehead atoms. The third-order valence-corrected chi connectivity index (χ3v) is 5.37. The summed E-state index contributed by atoms with van der Waals surface area (Å²) in [6, 6.07) is 7.73. The van der Waals surface area contributed by atoms with E-state index in [4.69, 9.17) is 4.74 Å². The van der Waals surface area contributed by atoms with Gasteiger partial charge in [-0.05, 0) is 37.1 Å². The number of carbonyl (C=O) groups excluding carboxylic acids is 1. The van der Waals surface area contributed by atoms with Crippen molar-refractivity contribution >= 4 is 17.7 Å². The van der Waals surface area contributed by atoms with Gasteiger partial charge in [-0.25, -0.2) is 19.2 Å². The lowest BCUT2D eigenvalue weighted by molar-refractivity contribution is -0.0391. The Morgan fingerprint density at radius 2 is 2.16 bits per heavy atom. The number of carbonyl (C=O) groups is 1. The van der Waals surface area contributed by atoms with Gasteiger partial charge in [0.05, 0.1) is 42.9 Å². The van der Waals surface area contributed by atoms with Crippen LogP contribution in [0.15, 0.2) is 36.7 Å². The Labute approximate surface area is 185 Å². The van der Waals surface area contributed by atoms with E-state index in [0.29, 0.717) is 25.6 Å². The smallest absolute Gasteiger partial charge is 0.317 e. The van der Waals surface area contributed by atoms with E-state index in [0.717, 1.165) is 33.8 Å². The third-order valence-electron chi connectivity index (χ3n) is 5.37. The normalized spacial score (nSPS) is 13.7. The van der Waals surface area contributed by atoms with Crippen molar-refractivity contribution in [2.24, 2.45) is 0 Å². The minimum atomic E-state index is -0.505. The number of benzene rings is 1. The summed E-state index contributed by atoms with van der Waals surface area (Å²) < 4.78 is 17.4. The number of nitrogens with one attached hydrogen (secondary N) is 3. The molecule has 3 N–H and O–H groups in total. The van der Waals surface area contributed by atoms with Crippen LogP contribution in [-0.2, 0) is 11.3 Å². The number of likely N-dealkylation sites (tertiary alicyclic amines) is 1. The van der Waals surface area contributed by atoms with E-state index in [-0.39, 0.29) is 18.7 Å². The molecule has 2 aromatic heterocycles. The SMILES string of the molecule is Cc1cc(-c2ccnc(Nc3c[nH]nc3C)n2)ccc1CNC(=O)N1CC(OCCF)C1. The molecule has 0 atom stereocenters. The number of hydrogen-bond donors (Lipinski definition) is 3. The highest BCUT2D eigenvalue weighted by atomic mass is 19.1. The molecule has 1 aliphatic heterocycles. The van der Waals surface area contributed by atoms with Gasteiger partial charge in [0.25, 0.3) is 0 Å². The van der Waals surface area contributed by atoms with Gasteiger partial charge in [-0.1, -0.05) is 12.1 Å². The maximum absolute atomic E-state index is 12.3. The molecule has 4 rings (SSSR count). The molecule has 1 aliphatic rings. The Morgan fingerprint density at radius 3 is 2.88 bits per heavy atom. The average molecular weight is 439 g/mol. The summed E-state index contributed by atoms with van der Waals surface area (Å²) in [5.74, 6) is 0.490. The van der Waals surface area contributed by atoms with Crippen LogP contribution in [0.2, 0.25) is 0 Å². The first kappa shape index (κ1) is 21.7. The van der Waals surface area contributed by atoms with Gasteiger partial charge in [0.15, 0.2) is 0 Å². The van der Waals surface area contributed by atoms with Crippen molar-refractivity contribution in [3.63, 3.8) is 0 Å². The van der Waals surface area contributed by atoms with Crippen LogP contribution in [0.1, 0.15) is 16.8 Å². The van der Waals surface area contributed by atoms with E-state index < -0.39 is 6.67 Å². The standard InChI is InChI=1S/C22H26FN7O2/c1-14-9-16(19-5-7-24-21(27-19)28-20-11-26-29-15(20)2)3-4-17(14)10-25-22(31)30-12-18(13-30)32-8-6-23/h3-5,7,9,11,18H,6,8,10,12-13H2,1-2H3,(H,25,31)(H,26,29)(H,24,27,28). The quantitative estimate of drug-likeness (QED) is 0.498. The molecular formula is C22H26FN7O2. The first-order chi connectivity index (χ1) is 15.5. The fourth-order valence-corrected chi connectivity index (χ4v) is 3.44. The van der Waals surface area contributed by atoms with Crippen LogP contribution in [0.25, 0.3) is 11.3 Å². The van der Waals surface area contributed by atoms with Crippen molar-refractivity contribution in [3.05, 3.63) is 53.5 Å². The van der Waals surface area contributed by atoms with Gasteiger partial charge in [0.2, 0.25) is 5.95 Å². The zero-order valence-electron chi connectivity index (χ0n) is 18.1. The third kappa shape index (κ3) is 5.02. The van der Waals surface area contributed by atoms with Crippen molar-refractivity contribution in [1.29, 1.82) is 0 Å². The monoisotopic (exact) mass is 439 g/mol. The first-order valence-electron chi connectivity index (χ1n) is 10.4. The van der Waals surface area contributed by atoms with Crippen LogP contribution in [0, 0.1) is 13.8 Å². The molecule has 1 aromatic carbocycles. The van der Waals surface area contributed by atoms with Gasteiger partial charge in [-0.3, -0.25) is 5.10 Å². The Balaban J connectivity index is 1.35.